The second kappa shape index (κ2) is 21.7. The Morgan fingerprint density at radius 1 is 0.453 bits per heavy atom. The number of benzene rings is 5. The molecular weight excluding hydrogens is 996 g/mol. The van der Waals surface area contributed by atoms with Crippen molar-refractivity contribution in [2.45, 2.75) is 39.8 Å². The van der Waals surface area contributed by atoms with Gasteiger partial charge in [0.15, 0.2) is 11.6 Å². The van der Waals surface area contributed by atoms with Crippen LogP contribution in [0.2, 0.25) is 40.2 Å². The molecule has 2 atom stereocenters. The van der Waals surface area contributed by atoms with Gasteiger partial charge in [-0.15, -0.1) is 0 Å². The molecule has 0 saturated carbocycles. The molecule has 4 N–H and O–H groups in total. The van der Waals surface area contributed by atoms with E-state index >= 15 is 0 Å². The Balaban J connectivity index is 1.26. The van der Waals surface area contributed by atoms with E-state index < -0.39 is 47.3 Å². The summed E-state index contributed by atoms with van der Waals surface area (Å²) in [6.45, 7) is 5.60. The highest BCUT2D eigenvalue weighted by molar-refractivity contribution is 6.49. The number of anilines is 4. The monoisotopic (exact) mass is 1020 g/mol. The van der Waals surface area contributed by atoms with Gasteiger partial charge in [0.25, 0.3) is 23.6 Å². The van der Waals surface area contributed by atoms with Gasteiger partial charge in [0.1, 0.15) is 0 Å². The first-order valence-electron chi connectivity index (χ1n) is 18.2. The van der Waals surface area contributed by atoms with Crippen molar-refractivity contribution in [3.8, 4) is 0 Å². The molecule has 0 saturated heterocycles. The van der Waals surface area contributed by atoms with Crippen LogP contribution in [0.4, 0.5) is 34.1 Å². The topological polar surface area (TPSA) is 200 Å². The summed E-state index contributed by atoms with van der Waals surface area (Å²) in [4.78, 5) is 78.1. The zero-order chi connectivity index (χ0) is 47.2. The number of hydrogen-bond donors (Lipinski definition) is 4. The molecule has 0 fully saturated rings. The van der Waals surface area contributed by atoms with Gasteiger partial charge in [-0.25, -0.2) is 0 Å². The summed E-state index contributed by atoms with van der Waals surface area (Å²) < 4.78 is 0. The number of nitrogens with zero attached hydrogens (tertiary/aromatic N) is 4. The third-order valence-corrected chi connectivity index (χ3v) is 11.8. The van der Waals surface area contributed by atoms with Gasteiger partial charge in [-0.1, -0.05) is 92.8 Å². The lowest BCUT2D eigenvalue weighted by Crippen LogP contribution is -2.33. The molecule has 0 bridgehead atoms. The van der Waals surface area contributed by atoms with Crippen molar-refractivity contribution in [1.29, 1.82) is 0 Å². The molecule has 0 heterocycles. The van der Waals surface area contributed by atoms with E-state index in [0.717, 1.165) is 13.8 Å². The van der Waals surface area contributed by atoms with E-state index in [0.29, 0.717) is 16.8 Å². The highest BCUT2D eigenvalue weighted by Gasteiger charge is 2.27. The van der Waals surface area contributed by atoms with E-state index in [4.69, 9.17) is 92.8 Å². The summed E-state index contributed by atoms with van der Waals surface area (Å²) in [5.41, 5.74) is 2.17. The summed E-state index contributed by atoms with van der Waals surface area (Å²) in [5.74, 6) is -4.21. The standard InChI is InChI=1S/C42H30Cl8N8O6/c1-17-9-23(53-41(63)37(19(3)59)57-55-21-5-7-28(43)26(11-21)39(61)51-24-13-30(45)34(49)31(46)14-24)10-18(2)36(17)54-42(64)38(20(4)60)58-56-22-6-8-29(44)27(12-22)40(62)52-25-15-32(47)35(50)33(48)16-25/h5-16,37-38H,1-4H3,(H,51,61)(H,52,62)(H,53,63)(H,54,64). The van der Waals surface area contributed by atoms with Crippen LogP contribution in [0.25, 0.3) is 0 Å². The van der Waals surface area contributed by atoms with E-state index in [1.54, 1.807) is 13.8 Å². The fraction of sp³-hybridized carbons (Fsp3) is 0.143. The number of ketones is 2. The maximum Gasteiger partial charge on any atom is 0.258 e. The lowest BCUT2D eigenvalue weighted by molar-refractivity contribution is -0.127. The first kappa shape index (κ1) is 49.8. The molecule has 0 aromatic heterocycles. The molecular formula is C42H30Cl8N8O6. The van der Waals surface area contributed by atoms with Crippen LogP contribution >= 0.6 is 92.8 Å². The number of rotatable bonds is 14. The Bertz CT molecular complexity index is 2750. The second-order valence-corrected chi connectivity index (χ2v) is 16.9. The van der Waals surface area contributed by atoms with Crippen molar-refractivity contribution in [2.24, 2.45) is 20.5 Å². The third kappa shape index (κ3) is 12.5. The predicted molar refractivity (Wildman–Crippen MR) is 253 cm³/mol. The average molecular weight is 1030 g/mol. The minimum absolute atomic E-state index is 0.00808. The van der Waals surface area contributed by atoms with Gasteiger partial charge in [0, 0.05) is 22.7 Å². The maximum atomic E-state index is 13.4. The van der Waals surface area contributed by atoms with Crippen molar-refractivity contribution in [1.82, 2.24) is 0 Å². The zero-order valence-corrected chi connectivity index (χ0v) is 39.4. The number of azo groups is 2. The zero-order valence-electron chi connectivity index (χ0n) is 33.3. The number of Topliss-reactive ketones (excluding diaryl/α,β-unsaturated/α-hetero) is 2. The number of nitrogens with one attached hydrogen (secondary N) is 4. The molecule has 64 heavy (non-hydrogen) atoms. The van der Waals surface area contributed by atoms with E-state index in [1.165, 1.54) is 72.8 Å². The molecule has 0 spiro atoms. The third-order valence-electron chi connectivity index (χ3n) is 8.77. The molecule has 0 aliphatic carbocycles. The Morgan fingerprint density at radius 2 is 0.797 bits per heavy atom. The van der Waals surface area contributed by atoms with Crippen LogP contribution in [0.5, 0.6) is 0 Å². The van der Waals surface area contributed by atoms with Crippen molar-refractivity contribution in [2.75, 3.05) is 21.3 Å². The summed E-state index contributed by atoms with van der Waals surface area (Å²) in [7, 11) is 0. The highest BCUT2D eigenvalue weighted by Crippen LogP contribution is 2.35. The molecule has 0 aliphatic rings. The van der Waals surface area contributed by atoms with Crippen LogP contribution in [-0.2, 0) is 19.2 Å². The van der Waals surface area contributed by atoms with Crippen LogP contribution in [0, 0.1) is 13.8 Å². The predicted octanol–water partition coefficient (Wildman–Crippen LogP) is 13.4. The number of aryl methyl sites for hydroxylation is 2. The molecule has 5 rings (SSSR count). The first-order valence-corrected chi connectivity index (χ1v) is 21.2. The average Bonchev–Trinajstić information content (AvgIpc) is 3.21. The number of carbonyl (C=O) groups excluding carboxylic acids is 6. The summed E-state index contributed by atoms with van der Waals surface area (Å²) in [6, 6.07) is 13.7. The highest BCUT2D eigenvalue weighted by atomic mass is 35.5. The van der Waals surface area contributed by atoms with Gasteiger partial charge in [-0.05, 0) is 112 Å². The first-order chi connectivity index (χ1) is 30.1. The van der Waals surface area contributed by atoms with Gasteiger partial charge in [0.2, 0.25) is 12.1 Å². The minimum Gasteiger partial charge on any atom is -0.324 e. The fourth-order valence-corrected chi connectivity index (χ4v) is 7.27. The number of carbonyl (C=O) groups is 6. The normalized spacial score (nSPS) is 12.2. The number of halogens is 8. The second-order valence-electron chi connectivity index (χ2n) is 13.7. The van der Waals surface area contributed by atoms with Crippen molar-refractivity contribution in [3.05, 3.63) is 135 Å². The minimum atomic E-state index is -1.60. The molecule has 2 unspecified atom stereocenters. The molecule has 330 valence electrons. The summed E-state index contributed by atoms with van der Waals surface area (Å²) in [5, 5.41) is 27.4. The number of amides is 4. The van der Waals surface area contributed by atoms with Crippen molar-refractivity contribution in [3.63, 3.8) is 0 Å². The molecule has 0 aliphatic heterocycles. The molecule has 5 aromatic rings. The Labute approximate surface area is 405 Å². The Hall–Kier alpha value is -5.16. The van der Waals surface area contributed by atoms with Gasteiger partial charge in [-0.2, -0.15) is 20.5 Å². The molecule has 22 heteroatoms. The Morgan fingerprint density at radius 3 is 1.16 bits per heavy atom. The van der Waals surface area contributed by atoms with E-state index in [-0.39, 0.29) is 79.7 Å². The smallest absolute Gasteiger partial charge is 0.258 e. The Kier molecular flexibility index (Phi) is 16.9. The molecule has 4 amide bonds. The van der Waals surface area contributed by atoms with Gasteiger partial charge in [0.05, 0.1) is 62.7 Å². The molecule has 0 radical (unpaired) electrons. The lowest BCUT2D eigenvalue weighted by atomic mass is 10.1. The van der Waals surface area contributed by atoms with Crippen molar-refractivity contribution < 1.29 is 28.8 Å². The van der Waals surface area contributed by atoms with E-state index in [9.17, 15) is 28.8 Å². The summed E-state index contributed by atoms with van der Waals surface area (Å²) in [6.07, 6.45) is 0. The summed E-state index contributed by atoms with van der Waals surface area (Å²) >= 11 is 48.8. The number of hydrogen-bond acceptors (Lipinski definition) is 10. The SMILES string of the molecule is CC(=O)C(N=Nc1ccc(Cl)c(C(=O)Nc2cc(Cl)c(Cl)c(Cl)c2)c1)C(=O)Nc1cc(C)c(NC(=O)C(N=Nc2ccc(Cl)c(C(=O)Nc3cc(Cl)c(Cl)c(Cl)c3)c2)C(C)=O)c(C)c1. The fourth-order valence-electron chi connectivity index (χ4n) is 5.67. The van der Waals surface area contributed by atoms with Crippen molar-refractivity contribution >= 4 is 162 Å². The van der Waals surface area contributed by atoms with E-state index in [2.05, 4.69) is 41.7 Å². The van der Waals surface area contributed by atoms with Gasteiger partial charge < -0.3 is 21.3 Å². The van der Waals surface area contributed by atoms with Crippen LogP contribution in [-0.4, -0.2) is 47.3 Å². The maximum absolute atomic E-state index is 13.4. The quantitative estimate of drug-likeness (QED) is 0.0484. The molecule has 14 nitrogen and oxygen atoms in total. The van der Waals surface area contributed by atoms with Crippen LogP contribution < -0.4 is 21.3 Å². The van der Waals surface area contributed by atoms with E-state index in [1.807, 2.05) is 0 Å². The largest absolute Gasteiger partial charge is 0.324 e. The molecule has 5 aromatic carbocycles. The van der Waals surface area contributed by atoms with Gasteiger partial charge in [-0.3, -0.25) is 28.8 Å². The lowest BCUT2D eigenvalue weighted by Gasteiger charge is -2.17. The van der Waals surface area contributed by atoms with Gasteiger partial charge >= 0.3 is 0 Å². The van der Waals surface area contributed by atoms with Crippen LogP contribution in [0.3, 0.4) is 0 Å². The van der Waals surface area contributed by atoms with Crippen LogP contribution in [0.15, 0.2) is 93.3 Å². The van der Waals surface area contributed by atoms with Crippen LogP contribution in [0.1, 0.15) is 45.7 Å².